The first-order chi connectivity index (χ1) is 10.3. The van der Waals surface area contributed by atoms with E-state index in [4.69, 9.17) is 10.8 Å². The highest BCUT2D eigenvalue weighted by molar-refractivity contribution is 5.75. The largest absolute Gasteiger partial charge is 0.328 e. The van der Waals surface area contributed by atoms with Gasteiger partial charge >= 0.3 is 0 Å². The van der Waals surface area contributed by atoms with Crippen molar-refractivity contribution in [3.8, 4) is 0 Å². The Kier molecular flexibility index (Phi) is 3.94. The third-order valence-corrected chi connectivity index (χ3v) is 3.72. The van der Waals surface area contributed by atoms with E-state index in [0.29, 0.717) is 0 Å². The quantitative estimate of drug-likeness (QED) is 0.555. The van der Waals surface area contributed by atoms with E-state index in [1.165, 1.54) is 0 Å². The molecule has 5 heteroatoms. The van der Waals surface area contributed by atoms with Gasteiger partial charge < -0.3 is 4.57 Å². The number of hydrogen-bond acceptors (Lipinski definition) is 4. The van der Waals surface area contributed by atoms with Gasteiger partial charge in [-0.3, -0.25) is 16.3 Å². The zero-order chi connectivity index (χ0) is 14.7. The first-order valence-corrected chi connectivity index (χ1v) is 7.13. The van der Waals surface area contributed by atoms with E-state index >= 15 is 0 Å². The van der Waals surface area contributed by atoms with Crippen LogP contribution in [0.4, 0.5) is 0 Å². The van der Waals surface area contributed by atoms with Gasteiger partial charge in [-0.15, -0.1) is 0 Å². The van der Waals surface area contributed by atoms with Crippen LogP contribution in [-0.2, 0) is 13.0 Å². The van der Waals surface area contributed by atoms with Gasteiger partial charge in [0.1, 0.15) is 5.82 Å². The molecule has 0 spiro atoms. The normalized spacial score (nSPS) is 12.7. The molecule has 108 valence electrons. The fourth-order valence-electron chi connectivity index (χ4n) is 2.67. The zero-order valence-electron chi connectivity index (χ0n) is 12.0. The van der Waals surface area contributed by atoms with Crippen LogP contribution in [0.15, 0.2) is 48.8 Å². The average Bonchev–Trinajstić information content (AvgIpc) is 2.90. The van der Waals surface area contributed by atoms with Gasteiger partial charge in [-0.1, -0.05) is 18.2 Å². The molecule has 3 N–H and O–H groups in total. The first kappa shape index (κ1) is 13.7. The SMILES string of the molecule is CCn1c(CC(NN)c2cccnc2)nc2ccccc21. The van der Waals surface area contributed by atoms with Crippen LogP contribution in [0.25, 0.3) is 11.0 Å². The zero-order valence-corrected chi connectivity index (χ0v) is 12.0. The number of nitrogens with one attached hydrogen (secondary N) is 1. The summed E-state index contributed by atoms with van der Waals surface area (Å²) in [6, 6.07) is 12.1. The second-order valence-electron chi connectivity index (χ2n) is 4.97. The molecule has 0 aliphatic rings. The number of benzene rings is 1. The molecule has 0 saturated heterocycles. The van der Waals surface area contributed by atoms with Crippen LogP contribution in [0, 0.1) is 0 Å². The van der Waals surface area contributed by atoms with Crippen LogP contribution >= 0.6 is 0 Å². The van der Waals surface area contributed by atoms with E-state index in [9.17, 15) is 0 Å². The lowest BCUT2D eigenvalue weighted by atomic mass is 10.1. The van der Waals surface area contributed by atoms with Gasteiger partial charge in [-0.2, -0.15) is 0 Å². The average molecular weight is 281 g/mol. The molecule has 3 rings (SSSR count). The van der Waals surface area contributed by atoms with Crippen molar-refractivity contribution in [1.29, 1.82) is 0 Å². The maximum Gasteiger partial charge on any atom is 0.111 e. The van der Waals surface area contributed by atoms with E-state index in [1.54, 1.807) is 6.20 Å². The summed E-state index contributed by atoms with van der Waals surface area (Å²) >= 11 is 0. The summed E-state index contributed by atoms with van der Waals surface area (Å²) in [6.45, 7) is 3.02. The second-order valence-corrected chi connectivity index (χ2v) is 4.97. The highest BCUT2D eigenvalue weighted by Crippen LogP contribution is 2.21. The number of nitrogens with two attached hydrogens (primary N) is 1. The minimum absolute atomic E-state index is 0.000752. The molecule has 0 amide bonds. The molecule has 1 atom stereocenters. The van der Waals surface area contributed by atoms with Gasteiger partial charge in [0.15, 0.2) is 0 Å². The van der Waals surface area contributed by atoms with Crippen LogP contribution in [0.3, 0.4) is 0 Å². The molecule has 1 unspecified atom stereocenters. The van der Waals surface area contributed by atoms with Crippen molar-refractivity contribution in [1.82, 2.24) is 20.0 Å². The number of rotatable bonds is 5. The molecule has 21 heavy (non-hydrogen) atoms. The molecule has 1 aromatic carbocycles. The molecule has 0 saturated carbocycles. The Bertz CT molecular complexity index is 720. The number of nitrogens with zero attached hydrogens (tertiary/aromatic N) is 3. The summed E-state index contributed by atoms with van der Waals surface area (Å²) in [6.07, 6.45) is 4.33. The Labute approximate surface area is 123 Å². The van der Waals surface area contributed by atoms with Gasteiger partial charge in [0.25, 0.3) is 0 Å². The Balaban J connectivity index is 1.97. The molecular weight excluding hydrogens is 262 g/mol. The molecule has 0 fully saturated rings. The summed E-state index contributed by atoms with van der Waals surface area (Å²) < 4.78 is 2.23. The van der Waals surface area contributed by atoms with Crippen LogP contribution in [0.1, 0.15) is 24.4 Å². The molecule has 0 bridgehead atoms. The van der Waals surface area contributed by atoms with Gasteiger partial charge in [0, 0.05) is 25.4 Å². The van der Waals surface area contributed by atoms with Crippen LogP contribution in [0.2, 0.25) is 0 Å². The highest BCUT2D eigenvalue weighted by atomic mass is 15.2. The number of fused-ring (bicyclic) bond motifs is 1. The number of aryl methyl sites for hydroxylation is 1. The molecule has 2 aromatic heterocycles. The highest BCUT2D eigenvalue weighted by Gasteiger charge is 2.16. The topological polar surface area (TPSA) is 68.8 Å². The van der Waals surface area contributed by atoms with E-state index in [1.807, 2.05) is 36.5 Å². The molecule has 0 aliphatic carbocycles. The van der Waals surface area contributed by atoms with E-state index in [-0.39, 0.29) is 6.04 Å². The third-order valence-electron chi connectivity index (χ3n) is 3.72. The van der Waals surface area contributed by atoms with Crippen LogP contribution in [0.5, 0.6) is 0 Å². The summed E-state index contributed by atoms with van der Waals surface area (Å²) in [4.78, 5) is 8.90. The summed E-state index contributed by atoms with van der Waals surface area (Å²) in [5.74, 6) is 6.76. The minimum atomic E-state index is 0.000752. The maximum absolute atomic E-state index is 5.72. The molecule has 0 aliphatic heterocycles. The molecule has 5 nitrogen and oxygen atoms in total. The summed E-state index contributed by atoms with van der Waals surface area (Å²) in [5.41, 5.74) is 6.12. The van der Waals surface area contributed by atoms with Crippen molar-refractivity contribution in [2.24, 2.45) is 5.84 Å². The number of hydrazine groups is 1. The van der Waals surface area contributed by atoms with Crippen molar-refractivity contribution < 1.29 is 0 Å². The Morgan fingerprint density at radius 3 is 2.81 bits per heavy atom. The Hall–Kier alpha value is -2.24. The van der Waals surface area contributed by atoms with Crippen molar-refractivity contribution in [3.63, 3.8) is 0 Å². The van der Waals surface area contributed by atoms with Crippen molar-refractivity contribution in [3.05, 3.63) is 60.2 Å². The van der Waals surface area contributed by atoms with Gasteiger partial charge in [-0.25, -0.2) is 4.98 Å². The van der Waals surface area contributed by atoms with Crippen LogP contribution in [-0.4, -0.2) is 14.5 Å². The second kappa shape index (κ2) is 6.03. The lowest BCUT2D eigenvalue weighted by molar-refractivity contribution is 0.524. The van der Waals surface area contributed by atoms with Gasteiger partial charge in [0.05, 0.1) is 17.1 Å². The monoisotopic (exact) mass is 281 g/mol. The van der Waals surface area contributed by atoms with E-state index in [2.05, 4.69) is 28.0 Å². The number of aromatic nitrogens is 3. The van der Waals surface area contributed by atoms with Crippen LogP contribution < -0.4 is 11.3 Å². The molecule has 3 aromatic rings. The number of pyridine rings is 1. The first-order valence-electron chi connectivity index (χ1n) is 7.13. The molecule has 0 radical (unpaired) electrons. The minimum Gasteiger partial charge on any atom is -0.328 e. The number of para-hydroxylation sites is 2. The van der Waals surface area contributed by atoms with Crippen molar-refractivity contribution in [2.75, 3.05) is 0 Å². The maximum atomic E-state index is 5.72. The van der Waals surface area contributed by atoms with Crippen molar-refractivity contribution >= 4 is 11.0 Å². The van der Waals surface area contributed by atoms with Gasteiger partial charge in [0.2, 0.25) is 0 Å². The Morgan fingerprint density at radius 2 is 2.10 bits per heavy atom. The number of hydrogen-bond donors (Lipinski definition) is 2. The third kappa shape index (κ3) is 2.66. The fraction of sp³-hybridized carbons (Fsp3) is 0.250. The smallest absolute Gasteiger partial charge is 0.111 e. The lowest BCUT2D eigenvalue weighted by Crippen LogP contribution is -2.30. The van der Waals surface area contributed by atoms with Crippen molar-refractivity contribution in [2.45, 2.75) is 25.9 Å². The summed E-state index contributed by atoms with van der Waals surface area (Å²) in [5, 5.41) is 0. The standard InChI is InChI=1S/C16H19N5/c1-2-21-15-8-4-3-7-13(15)19-16(21)10-14(20-17)12-6-5-9-18-11-12/h3-9,11,14,20H,2,10,17H2,1H3. The lowest BCUT2D eigenvalue weighted by Gasteiger charge is -2.16. The Morgan fingerprint density at radius 1 is 1.24 bits per heavy atom. The predicted molar refractivity (Wildman–Crippen MR) is 83.4 cm³/mol. The van der Waals surface area contributed by atoms with E-state index < -0.39 is 0 Å². The molecule has 2 heterocycles. The summed E-state index contributed by atoms with van der Waals surface area (Å²) in [7, 11) is 0. The predicted octanol–water partition coefficient (Wildman–Crippen LogP) is 2.20. The van der Waals surface area contributed by atoms with E-state index in [0.717, 1.165) is 35.4 Å². The fourth-order valence-corrected chi connectivity index (χ4v) is 2.67. The van der Waals surface area contributed by atoms with Gasteiger partial charge in [-0.05, 0) is 30.7 Å². The molecular formula is C16H19N5. The number of imidazole rings is 1.